The highest BCUT2D eigenvalue weighted by atomic mass is 35.5. The number of anilines is 1. The molecular formula is C20H18Cl2N2O4S. The summed E-state index contributed by atoms with van der Waals surface area (Å²) in [6.07, 6.45) is 0. The zero-order valence-electron chi connectivity index (χ0n) is 15.4. The van der Waals surface area contributed by atoms with Gasteiger partial charge in [0.05, 0.1) is 17.8 Å². The van der Waals surface area contributed by atoms with Crippen molar-refractivity contribution >= 4 is 38.9 Å². The fraction of sp³-hybridized carbons (Fsp3) is 0.100. The van der Waals surface area contributed by atoms with Crippen LogP contribution in [0.5, 0.6) is 17.2 Å². The van der Waals surface area contributed by atoms with Gasteiger partial charge in [0.1, 0.15) is 22.1 Å². The van der Waals surface area contributed by atoms with Gasteiger partial charge in [-0.05, 0) is 54.1 Å². The van der Waals surface area contributed by atoms with Crippen molar-refractivity contribution in [3.05, 3.63) is 76.3 Å². The topological polar surface area (TPSA) is 90.6 Å². The molecule has 0 atom stereocenters. The molecule has 0 saturated carbocycles. The molecule has 3 rings (SSSR count). The molecule has 0 aliphatic heterocycles. The van der Waals surface area contributed by atoms with E-state index in [2.05, 4.69) is 4.72 Å². The highest BCUT2D eigenvalue weighted by Crippen LogP contribution is 2.31. The van der Waals surface area contributed by atoms with E-state index in [4.69, 9.17) is 38.4 Å². The quantitative estimate of drug-likeness (QED) is 0.499. The average Bonchev–Trinajstić information content (AvgIpc) is 2.66. The number of sulfonamides is 1. The number of nitrogen functional groups attached to an aromatic ring is 1. The highest BCUT2D eigenvalue weighted by Gasteiger charge is 2.21. The van der Waals surface area contributed by atoms with Crippen LogP contribution in [0, 0.1) is 0 Å². The molecule has 0 aliphatic carbocycles. The highest BCUT2D eigenvalue weighted by molar-refractivity contribution is 7.89. The zero-order valence-corrected chi connectivity index (χ0v) is 17.7. The first-order valence-electron chi connectivity index (χ1n) is 8.43. The number of hydrogen-bond acceptors (Lipinski definition) is 5. The summed E-state index contributed by atoms with van der Waals surface area (Å²) in [6, 6.07) is 16.8. The normalized spacial score (nSPS) is 11.3. The number of hydrogen-bond donors (Lipinski definition) is 2. The van der Waals surface area contributed by atoms with Gasteiger partial charge >= 0.3 is 0 Å². The van der Waals surface area contributed by atoms with E-state index in [1.165, 1.54) is 12.1 Å². The molecule has 3 N–H and O–H groups in total. The minimum Gasteiger partial charge on any atom is -0.497 e. The van der Waals surface area contributed by atoms with Crippen LogP contribution in [0.4, 0.5) is 5.69 Å². The lowest BCUT2D eigenvalue weighted by atomic mass is 10.2. The molecule has 0 spiro atoms. The summed E-state index contributed by atoms with van der Waals surface area (Å²) in [6.45, 7) is 0.0283. The van der Waals surface area contributed by atoms with Crippen LogP contribution in [-0.2, 0) is 16.6 Å². The van der Waals surface area contributed by atoms with E-state index in [1.807, 2.05) is 0 Å². The number of methoxy groups -OCH3 is 1. The van der Waals surface area contributed by atoms with E-state index in [0.29, 0.717) is 17.1 Å². The van der Waals surface area contributed by atoms with E-state index in [-0.39, 0.29) is 27.2 Å². The average molecular weight is 453 g/mol. The lowest BCUT2D eigenvalue weighted by Gasteiger charge is -2.12. The number of rotatable bonds is 7. The van der Waals surface area contributed by atoms with Crippen LogP contribution in [0.3, 0.4) is 0 Å². The number of nitrogens with two attached hydrogens (primary N) is 1. The number of nitrogens with one attached hydrogen (secondary N) is 1. The van der Waals surface area contributed by atoms with Crippen LogP contribution < -0.4 is 19.9 Å². The molecule has 0 aromatic heterocycles. The first kappa shape index (κ1) is 21.3. The van der Waals surface area contributed by atoms with Gasteiger partial charge in [-0.3, -0.25) is 0 Å². The van der Waals surface area contributed by atoms with Crippen molar-refractivity contribution in [2.45, 2.75) is 11.4 Å². The van der Waals surface area contributed by atoms with Gasteiger partial charge in [0, 0.05) is 11.6 Å². The van der Waals surface area contributed by atoms with Gasteiger partial charge in [-0.15, -0.1) is 0 Å². The van der Waals surface area contributed by atoms with Gasteiger partial charge in [-0.25, -0.2) is 13.1 Å². The second-order valence-electron chi connectivity index (χ2n) is 6.06. The first-order valence-corrected chi connectivity index (χ1v) is 10.7. The predicted octanol–water partition coefficient (Wildman–Crippen LogP) is 4.86. The minimum absolute atomic E-state index is 0.0217. The lowest BCUT2D eigenvalue weighted by Crippen LogP contribution is -2.24. The number of halogens is 2. The van der Waals surface area contributed by atoms with Crippen molar-refractivity contribution in [1.29, 1.82) is 0 Å². The molecule has 0 bridgehead atoms. The molecule has 29 heavy (non-hydrogen) atoms. The molecule has 0 amide bonds. The van der Waals surface area contributed by atoms with E-state index < -0.39 is 10.0 Å². The van der Waals surface area contributed by atoms with Crippen LogP contribution in [0.1, 0.15) is 5.56 Å². The summed E-state index contributed by atoms with van der Waals surface area (Å²) in [5.41, 5.74) is 6.47. The summed E-state index contributed by atoms with van der Waals surface area (Å²) in [5.74, 6) is 1.92. The lowest BCUT2D eigenvalue weighted by molar-refractivity contribution is 0.413. The maximum absolute atomic E-state index is 12.6. The Bertz CT molecular complexity index is 1100. The third-order valence-corrected chi connectivity index (χ3v) is 6.11. The molecule has 0 unspecified atom stereocenters. The number of ether oxygens (including phenoxy) is 2. The Labute approximate surface area is 179 Å². The smallest absolute Gasteiger partial charge is 0.244 e. The van der Waals surface area contributed by atoms with Crippen LogP contribution in [0.2, 0.25) is 10.0 Å². The van der Waals surface area contributed by atoms with Crippen LogP contribution in [-0.4, -0.2) is 15.5 Å². The fourth-order valence-electron chi connectivity index (χ4n) is 2.61. The maximum atomic E-state index is 12.6. The Morgan fingerprint density at radius 2 is 1.66 bits per heavy atom. The molecule has 0 heterocycles. The summed E-state index contributed by atoms with van der Waals surface area (Å²) < 4.78 is 38.7. The third-order valence-electron chi connectivity index (χ3n) is 3.97. The van der Waals surface area contributed by atoms with Gasteiger partial charge < -0.3 is 15.2 Å². The van der Waals surface area contributed by atoms with Crippen molar-refractivity contribution < 1.29 is 17.9 Å². The van der Waals surface area contributed by atoms with Gasteiger partial charge in [-0.1, -0.05) is 35.3 Å². The largest absolute Gasteiger partial charge is 0.497 e. The van der Waals surface area contributed by atoms with Crippen molar-refractivity contribution in [1.82, 2.24) is 4.72 Å². The Morgan fingerprint density at radius 3 is 2.31 bits per heavy atom. The molecule has 0 fully saturated rings. The third kappa shape index (κ3) is 5.33. The van der Waals surface area contributed by atoms with Crippen LogP contribution in [0.25, 0.3) is 0 Å². The Morgan fingerprint density at radius 1 is 0.966 bits per heavy atom. The SMILES string of the molecule is COc1ccc(Oc2cccc(CNS(=O)(=O)c3c(N)cc(Cl)cc3Cl)c2)cc1. The van der Waals surface area contributed by atoms with E-state index in [0.717, 1.165) is 5.75 Å². The van der Waals surface area contributed by atoms with Crippen molar-refractivity contribution in [3.63, 3.8) is 0 Å². The van der Waals surface area contributed by atoms with E-state index in [9.17, 15) is 8.42 Å². The van der Waals surface area contributed by atoms with Crippen molar-refractivity contribution in [3.8, 4) is 17.2 Å². The van der Waals surface area contributed by atoms with Crippen LogP contribution in [0.15, 0.2) is 65.6 Å². The van der Waals surface area contributed by atoms with E-state index in [1.54, 1.807) is 55.6 Å². The number of benzene rings is 3. The Balaban J connectivity index is 1.73. The summed E-state index contributed by atoms with van der Waals surface area (Å²) in [7, 11) is -2.35. The fourth-order valence-corrected chi connectivity index (χ4v) is 4.61. The van der Waals surface area contributed by atoms with Gasteiger partial charge in [0.25, 0.3) is 0 Å². The summed E-state index contributed by atoms with van der Waals surface area (Å²) >= 11 is 11.9. The maximum Gasteiger partial charge on any atom is 0.244 e. The second-order valence-corrected chi connectivity index (χ2v) is 8.60. The Hall–Kier alpha value is -2.45. The molecule has 3 aromatic carbocycles. The molecule has 3 aromatic rings. The molecule has 9 heteroatoms. The van der Waals surface area contributed by atoms with Gasteiger partial charge in [0.15, 0.2) is 0 Å². The van der Waals surface area contributed by atoms with Crippen molar-refractivity contribution in [2.75, 3.05) is 12.8 Å². The molecule has 0 saturated heterocycles. The zero-order chi connectivity index (χ0) is 21.0. The Kier molecular flexibility index (Phi) is 6.54. The summed E-state index contributed by atoms with van der Waals surface area (Å²) in [5, 5.41) is 0.217. The van der Waals surface area contributed by atoms with Gasteiger partial charge in [-0.2, -0.15) is 0 Å². The van der Waals surface area contributed by atoms with Crippen LogP contribution >= 0.6 is 23.2 Å². The monoisotopic (exact) mass is 452 g/mol. The standard InChI is InChI=1S/C20H18Cl2N2O4S/c1-27-15-5-7-16(8-6-15)28-17-4-2-3-13(9-17)12-24-29(25,26)20-18(22)10-14(21)11-19(20)23/h2-11,24H,12,23H2,1H3. The molecule has 0 radical (unpaired) electrons. The second kappa shape index (κ2) is 8.92. The summed E-state index contributed by atoms with van der Waals surface area (Å²) in [4.78, 5) is -0.200. The first-order chi connectivity index (χ1) is 13.8. The predicted molar refractivity (Wildman–Crippen MR) is 114 cm³/mol. The molecule has 152 valence electrons. The van der Waals surface area contributed by atoms with Gasteiger partial charge in [0.2, 0.25) is 10.0 Å². The van der Waals surface area contributed by atoms with E-state index >= 15 is 0 Å². The minimum atomic E-state index is -3.94. The van der Waals surface area contributed by atoms with Crippen molar-refractivity contribution in [2.24, 2.45) is 0 Å². The molecule has 6 nitrogen and oxygen atoms in total. The molecule has 0 aliphatic rings. The molecular weight excluding hydrogens is 435 g/mol.